The third kappa shape index (κ3) is 2.83. The van der Waals surface area contributed by atoms with Crippen LogP contribution >= 0.6 is 0 Å². The van der Waals surface area contributed by atoms with E-state index >= 15 is 0 Å². The Labute approximate surface area is 97.4 Å². The number of aromatic amines is 1. The van der Waals surface area contributed by atoms with E-state index in [0.29, 0.717) is 5.92 Å². The summed E-state index contributed by atoms with van der Waals surface area (Å²) in [5, 5.41) is 10.6. The van der Waals surface area contributed by atoms with Gasteiger partial charge in [-0.15, -0.1) is 0 Å². The number of nitrogens with one attached hydrogen (secondary N) is 2. The largest absolute Gasteiger partial charge is 0.314 e. The second kappa shape index (κ2) is 5.46. The van der Waals surface area contributed by atoms with Crippen LogP contribution in [0.2, 0.25) is 0 Å². The fourth-order valence-corrected chi connectivity index (χ4v) is 2.23. The van der Waals surface area contributed by atoms with Crippen LogP contribution in [0.15, 0.2) is 6.20 Å². The Morgan fingerprint density at radius 1 is 1.38 bits per heavy atom. The summed E-state index contributed by atoms with van der Waals surface area (Å²) in [4.78, 5) is 2.52. The van der Waals surface area contributed by atoms with Crippen molar-refractivity contribution in [3.8, 4) is 0 Å². The van der Waals surface area contributed by atoms with Crippen molar-refractivity contribution < 1.29 is 0 Å². The highest BCUT2D eigenvalue weighted by Crippen LogP contribution is 2.16. The molecule has 0 amide bonds. The maximum atomic E-state index is 4.15. The molecule has 4 nitrogen and oxygen atoms in total. The first-order valence-electron chi connectivity index (χ1n) is 6.22. The SMILES string of the molecule is CC(C)c1[nH]ncc1CCN1CCNCC1. The van der Waals surface area contributed by atoms with Gasteiger partial charge >= 0.3 is 0 Å². The molecule has 1 fully saturated rings. The van der Waals surface area contributed by atoms with E-state index in [9.17, 15) is 0 Å². The fourth-order valence-electron chi connectivity index (χ4n) is 2.23. The lowest BCUT2D eigenvalue weighted by Gasteiger charge is -2.27. The number of nitrogens with zero attached hydrogens (tertiary/aromatic N) is 2. The predicted molar refractivity (Wildman–Crippen MR) is 65.7 cm³/mol. The van der Waals surface area contributed by atoms with E-state index in [-0.39, 0.29) is 0 Å². The molecule has 1 aliphatic rings. The van der Waals surface area contributed by atoms with Crippen molar-refractivity contribution in [2.75, 3.05) is 32.7 Å². The van der Waals surface area contributed by atoms with Crippen molar-refractivity contribution in [2.45, 2.75) is 26.2 Å². The lowest BCUT2D eigenvalue weighted by molar-refractivity contribution is 0.243. The summed E-state index contributed by atoms with van der Waals surface area (Å²) in [6, 6.07) is 0. The van der Waals surface area contributed by atoms with Crippen molar-refractivity contribution in [3.63, 3.8) is 0 Å². The number of aromatic nitrogens is 2. The molecular weight excluding hydrogens is 200 g/mol. The number of hydrogen-bond donors (Lipinski definition) is 2. The molecule has 2 heterocycles. The molecule has 1 aromatic heterocycles. The minimum atomic E-state index is 0.542. The lowest BCUT2D eigenvalue weighted by atomic mass is 10.0. The number of rotatable bonds is 4. The van der Waals surface area contributed by atoms with Crippen molar-refractivity contribution in [1.82, 2.24) is 20.4 Å². The highest BCUT2D eigenvalue weighted by atomic mass is 15.2. The van der Waals surface area contributed by atoms with E-state index in [2.05, 4.69) is 34.3 Å². The molecule has 2 rings (SSSR count). The second-order valence-electron chi connectivity index (χ2n) is 4.81. The van der Waals surface area contributed by atoms with Gasteiger partial charge in [0.25, 0.3) is 0 Å². The normalized spacial score (nSPS) is 18.2. The summed E-state index contributed by atoms with van der Waals surface area (Å²) in [5.41, 5.74) is 2.68. The Hall–Kier alpha value is -0.870. The molecule has 0 aromatic carbocycles. The van der Waals surface area contributed by atoms with Gasteiger partial charge in [0.15, 0.2) is 0 Å². The Morgan fingerprint density at radius 3 is 2.81 bits per heavy atom. The van der Waals surface area contributed by atoms with E-state index in [1.165, 1.54) is 24.3 Å². The Morgan fingerprint density at radius 2 is 2.12 bits per heavy atom. The van der Waals surface area contributed by atoms with Gasteiger partial charge in [-0.3, -0.25) is 5.10 Å². The van der Waals surface area contributed by atoms with Gasteiger partial charge in [-0.05, 0) is 17.9 Å². The fraction of sp³-hybridized carbons (Fsp3) is 0.750. The molecule has 0 unspecified atom stereocenters. The van der Waals surface area contributed by atoms with Gasteiger partial charge in [0.1, 0.15) is 0 Å². The molecule has 4 heteroatoms. The molecule has 0 radical (unpaired) electrons. The monoisotopic (exact) mass is 222 g/mol. The maximum Gasteiger partial charge on any atom is 0.0522 e. The van der Waals surface area contributed by atoms with E-state index < -0.39 is 0 Å². The highest BCUT2D eigenvalue weighted by molar-refractivity contribution is 5.19. The molecule has 0 bridgehead atoms. The van der Waals surface area contributed by atoms with Crippen LogP contribution in [-0.2, 0) is 6.42 Å². The first-order valence-corrected chi connectivity index (χ1v) is 6.22. The third-order valence-electron chi connectivity index (χ3n) is 3.24. The molecule has 0 saturated carbocycles. The van der Waals surface area contributed by atoms with Gasteiger partial charge < -0.3 is 10.2 Å². The van der Waals surface area contributed by atoms with Crippen molar-refractivity contribution >= 4 is 0 Å². The van der Waals surface area contributed by atoms with Crippen LogP contribution in [0.3, 0.4) is 0 Å². The van der Waals surface area contributed by atoms with Crippen molar-refractivity contribution in [3.05, 3.63) is 17.5 Å². The van der Waals surface area contributed by atoms with Crippen LogP contribution < -0.4 is 5.32 Å². The standard InChI is InChI=1S/C12H22N4/c1-10(2)12-11(9-14-15-12)3-6-16-7-4-13-5-8-16/h9-10,13H,3-8H2,1-2H3,(H,14,15). The van der Waals surface area contributed by atoms with Crippen LogP contribution in [-0.4, -0.2) is 47.8 Å². The zero-order chi connectivity index (χ0) is 11.4. The molecule has 0 spiro atoms. The quantitative estimate of drug-likeness (QED) is 0.798. The van der Waals surface area contributed by atoms with Gasteiger partial charge in [0, 0.05) is 38.4 Å². The Kier molecular flexibility index (Phi) is 3.96. The van der Waals surface area contributed by atoms with Crippen LogP contribution in [0, 0.1) is 0 Å². The number of piperazine rings is 1. The Balaban J connectivity index is 1.86. The number of hydrogen-bond acceptors (Lipinski definition) is 3. The predicted octanol–water partition coefficient (Wildman–Crippen LogP) is 0.981. The Bertz CT molecular complexity index is 313. The molecule has 0 atom stereocenters. The molecule has 90 valence electrons. The van der Waals surface area contributed by atoms with Gasteiger partial charge in [-0.25, -0.2) is 0 Å². The molecule has 1 aliphatic heterocycles. The lowest BCUT2D eigenvalue weighted by Crippen LogP contribution is -2.44. The van der Waals surface area contributed by atoms with E-state index in [0.717, 1.165) is 26.1 Å². The summed E-state index contributed by atoms with van der Waals surface area (Å²) in [7, 11) is 0. The van der Waals surface area contributed by atoms with Gasteiger partial charge in [0.05, 0.1) is 6.20 Å². The molecular formula is C12H22N4. The van der Waals surface area contributed by atoms with Gasteiger partial charge in [-0.2, -0.15) is 5.10 Å². The van der Waals surface area contributed by atoms with Crippen LogP contribution in [0.5, 0.6) is 0 Å². The first kappa shape index (κ1) is 11.6. The molecule has 0 aliphatic carbocycles. The van der Waals surface area contributed by atoms with E-state index in [4.69, 9.17) is 0 Å². The minimum absolute atomic E-state index is 0.542. The summed E-state index contributed by atoms with van der Waals surface area (Å²) in [6.45, 7) is 10.2. The first-order chi connectivity index (χ1) is 7.77. The molecule has 1 aromatic rings. The summed E-state index contributed by atoms with van der Waals surface area (Å²) >= 11 is 0. The summed E-state index contributed by atoms with van der Waals surface area (Å²) in [5.74, 6) is 0.542. The average Bonchev–Trinajstić information content (AvgIpc) is 2.76. The second-order valence-corrected chi connectivity index (χ2v) is 4.81. The zero-order valence-corrected chi connectivity index (χ0v) is 10.3. The van der Waals surface area contributed by atoms with Crippen LogP contribution in [0.25, 0.3) is 0 Å². The van der Waals surface area contributed by atoms with E-state index in [1.54, 1.807) is 0 Å². The molecule has 2 N–H and O–H groups in total. The topological polar surface area (TPSA) is 44.0 Å². The van der Waals surface area contributed by atoms with Gasteiger partial charge in [-0.1, -0.05) is 13.8 Å². The summed E-state index contributed by atoms with van der Waals surface area (Å²) < 4.78 is 0. The third-order valence-corrected chi connectivity index (χ3v) is 3.24. The van der Waals surface area contributed by atoms with Crippen molar-refractivity contribution in [1.29, 1.82) is 0 Å². The average molecular weight is 222 g/mol. The minimum Gasteiger partial charge on any atom is -0.314 e. The van der Waals surface area contributed by atoms with Crippen LogP contribution in [0.1, 0.15) is 31.0 Å². The van der Waals surface area contributed by atoms with Crippen molar-refractivity contribution in [2.24, 2.45) is 0 Å². The summed E-state index contributed by atoms with van der Waals surface area (Å²) in [6.07, 6.45) is 3.10. The molecule has 16 heavy (non-hydrogen) atoms. The molecule has 1 saturated heterocycles. The highest BCUT2D eigenvalue weighted by Gasteiger charge is 2.12. The maximum absolute atomic E-state index is 4.15. The number of H-pyrrole nitrogens is 1. The zero-order valence-electron chi connectivity index (χ0n) is 10.3. The smallest absolute Gasteiger partial charge is 0.0522 e. The van der Waals surface area contributed by atoms with E-state index in [1.807, 2.05) is 6.20 Å². The van der Waals surface area contributed by atoms with Gasteiger partial charge in [0.2, 0.25) is 0 Å². The van der Waals surface area contributed by atoms with Crippen LogP contribution in [0.4, 0.5) is 0 Å².